The topological polar surface area (TPSA) is 3.24 Å². The summed E-state index contributed by atoms with van der Waals surface area (Å²) >= 11 is 0. The molecule has 1 rings (SSSR count). The van der Waals surface area contributed by atoms with Crippen LogP contribution >= 0.6 is 0 Å². The summed E-state index contributed by atoms with van der Waals surface area (Å²) in [7, 11) is 0. The molecule has 0 aromatic rings. The first-order chi connectivity index (χ1) is 4.01. The van der Waals surface area contributed by atoms with Crippen LogP contribution in [-0.4, -0.2) is 29.7 Å². The van der Waals surface area contributed by atoms with Gasteiger partial charge in [-0.3, -0.25) is 4.90 Å². The second-order valence-corrected chi connectivity index (χ2v) is 3.41. The molecule has 0 unspecified atom stereocenters. The Morgan fingerprint density at radius 3 is 2.00 bits per heavy atom. The standard InChI is InChI=1S/C7H14FN/c1-6(2)9-4-7(3,8)5-9/h6H,4-5H2,1-3H3. The molecule has 1 fully saturated rings. The van der Waals surface area contributed by atoms with Gasteiger partial charge in [-0.2, -0.15) is 0 Å². The van der Waals surface area contributed by atoms with Gasteiger partial charge in [-0.05, 0) is 20.8 Å². The Hall–Kier alpha value is -0.110. The predicted octanol–water partition coefficient (Wildman–Crippen LogP) is 1.44. The number of rotatable bonds is 1. The minimum absolute atomic E-state index is 0.508. The molecule has 1 nitrogen and oxygen atoms in total. The van der Waals surface area contributed by atoms with Crippen molar-refractivity contribution >= 4 is 0 Å². The summed E-state index contributed by atoms with van der Waals surface area (Å²) in [5.41, 5.74) is -0.899. The molecule has 9 heavy (non-hydrogen) atoms. The van der Waals surface area contributed by atoms with Crippen LogP contribution < -0.4 is 0 Å². The number of alkyl halides is 1. The van der Waals surface area contributed by atoms with Crippen molar-refractivity contribution in [3.63, 3.8) is 0 Å². The van der Waals surface area contributed by atoms with Gasteiger partial charge in [0.1, 0.15) is 5.67 Å². The Morgan fingerprint density at radius 1 is 1.44 bits per heavy atom. The number of nitrogens with zero attached hydrogens (tertiary/aromatic N) is 1. The van der Waals surface area contributed by atoms with Crippen molar-refractivity contribution in [2.45, 2.75) is 32.5 Å². The van der Waals surface area contributed by atoms with Gasteiger partial charge < -0.3 is 0 Å². The van der Waals surface area contributed by atoms with Crippen molar-refractivity contribution < 1.29 is 4.39 Å². The van der Waals surface area contributed by atoms with Gasteiger partial charge in [0.25, 0.3) is 0 Å². The van der Waals surface area contributed by atoms with Gasteiger partial charge in [0.05, 0.1) is 0 Å². The van der Waals surface area contributed by atoms with Crippen LogP contribution in [0.1, 0.15) is 20.8 Å². The molecule has 0 aromatic carbocycles. The second kappa shape index (κ2) is 1.94. The number of hydrogen-bond donors (Lipinski definition) is 0. The fourth-order valence-electron chi connectivity index (χ4n) is 1.17. The lowest BCUT2D eigenvalue weighted by atomic mass is 9.97. The molecule has 1 saturated heterocycles. The van der Waals surface area contributed by atoms with Gasteiger partial charge in [0, 0.05) is 19.1 Å². The lowest BCUT2D eigenvalue weighted by molar-refractivity contribution is -0.0359. The van der Waals surface area contributed by atoms with Crippen LogP contribution in [0.15, 0.2) is 0 Å². The highest BCUT2D eigenvalue weighted by Gasteiger charge is 2.39. The summed E-state index contributed by atoms with van der Waals surface area (Å²) < 4.78 is 12.8. The zero-order chi connectivity index (χ0) is 7.07. The SMILES string of the molecule is CC(C)N1CC(C)(F)C1. The van der Waals surface area contributed by atoms with E-state index >= 15 is 0 Å². The second-order valence-electron chi connectivity index (χ2n) is 3.41. The van der Waals surface area contributed by atoms with Crippen LogP contribution in [0.4, 0.5) is 4.39 Å². The molecule has 0 saturated carbocycles. The fraction of sp³-hybridized carbons (Fsp3) is 1.00. The monoisotopic (exact) mass is 131 g/mol. The summed E-state index contributed by atoms with van der Waals surface area (Å²) in [6, 6.07) is 0.508. The first kappa shape index (κ1) is 7.00. The Balaban J connectivity index is 2.27. The minimum atomic E-state index is -0.899. The largest absolute Gasteiger partial charge is 0.295 e. The van der Waals surface area contributed by atoms with Gasteiger partial charge in [0.15, 0.2) is 0 Å². The maximum atomic E-state index is 12.8. The van der Waals surface area contributed by atoms with Crippen molar-refractivity contribution in [2.24, 2.45) is 0 Å². The number of hydrogen-bond acceptors (Lipinski definition) is 1. The van der Waals surface area contributed by atoms with Gasteiger partial charge >= 0.3 is 0 Å². The van der Waals surface area contributed by atoms with Crippen molar-refractivity contribution in [1.82, 2.24) is 4.90 Å². The summed E-state index contributed by atoms with van der Waals surface area (Å²) in [5.74, 6) is 0. The highest BCUT2D eigenvalue weighted by Crippen LogP contribution is 2.25. The van der Waals surface area contributed by atoms with Crippen LogP contribution in [-0.2, 0) is 0 Å². The third-order valence-electron chi connectivity index (χ3n) is 1.80. The quantitative estimate of drug-likeness (QED) is 0.520. The van der Waals surface area contributed by atoms with Crippen LogP contribution in [0.3, 0.4) is 0 Å². The van der Waals surface area contributed by atoms with E-state index in [0.29, 0.717) is 19.1 Å². The Bertz CT molecular complexity index is 101. The number of likely N-dealkylation sites (tertiary alicyclic amines) is 1. The lowest BCUT2D eigenvalue weighted by Crippen LogP contribution is -2.59. The third kappa shape index (κ3) is 1.42. The fourth-order valence-corrected chi connectivity index (χ4v) is 1.17. The normalized spacial score (nSPS) is 26.3. The molecule has 0 N–H and O–H groups in total. The lowest BCUT2D eigenvalue weighted by Gasteiger charge is -2.44. The smallest absolute Gasteiger partial charge is 0.133 e. The average Bonchev–Trinajstić information content (AvgIpc) is 1.59. The molecule has 1 aliphatic rings. The highest BCUT2D eigenvalue weighted by molar-refractivity contribution is 4.93. The van der Waals surface area contributed by atoms with E-state index in [2.05, 4.69) is 18.7 Å². The van der Waals surface area contributed by atoms with Crippen molar-refractivity contribution in [1.29, 1.82) is 0 Å². The molecule has 0 radical (unpaired) electrons. The van der Waals surface area contributed by atoms with Crippen LogP contribution in [0.2, 0.25) is 0 Å². The summed E-state index contributed by atoms with van der Waals surface area (Å²) in [6.07, 6.45) is 0. The highest BCUT2D eigenvalue weighted by atomic mass is 19.1. The molecular weight excluding hydrogens is 117 g/mol. The van der Waals surface area contributed by atoms with Gasteiger partial charge in [-0.25, -0.2) is 4.39 Å². The van der Waals surface area contributed by atoms with Gasteiger partial charge in [-0.1, -0.05) is 0 Å². The molecular formula is C7H14FN. The molecule has 0 atom stereocenters. The molecule has 1 heterocycles. The van der Waals surface area contributed by atoms with E-state index < -0.39 is 5.67 Å². The van der Waals surface area contributed by atoms with Crippen molar-refractivity contribution in [3.8, 4) is 0 Å². The van der Waals surface area contributed by atoms with Crippen LogP contribution in [0, 0.1) is 0 Å². The first-order valence-electron chi connectivity index (χ1n) is 3.44. The molecule has 0 aromatic heterocycles. The number of halogens is 1. The molecule has 0 amide bonds. The maximum absolute atomic E-state index is 12.8. The Labute approximate surface area is 55.8 Å². The zero-order valence-electron chi connectivity index (χ0n) is 6.32. The Morgan fingerprint density at radius 2 is 1.89 bits per heavy atom. The maximum Gasteiger partial charge on any atom is 0.133 e. The summed E-state index contributed by atoms with van der Waals surface area (Å²) in [6.45, 7) is 7.08. The average molecular weight is 131 g/mol. The zero-order valence-corrected chi connectivity index (χ0v) is 6.32. The van der Waals surface area contributed by atoms with Crippen LogP contribution in [0.5, 0.6) is 0 Å². The van der Waals surface area contributed by atoms with E-state index in [1.807, 2.05) is 0 Å². The molecule has 0 bridgehead atoms. The predicted molar refractivity (Wildman–Crippen MR) is 36.2 cm³/mol. The summed E-state index contributed by atoms with van der Waals surface area (Å²) in [4.78, 5) is 2.12. The van der Waals surface area contributed by atoms with Gasteiger partial charge in [0.2, 0.25) is 0 Å². The van der Waals surface area contributed by atoms with E-state index in [1.54, 1.807) is 6.92 Å². The van der Waals surface area contributed by atoms with E-state index in [0.717, 1.165) is 0 Å². The van der Waals surface area contributed by atoms with Gasteiger partial charge in [-0.15, -0.1) is 0 Å². The molecule has 0 aliphatic carbocycles. The Kier molecular flexibility index (Phi) is 1.51. The van der Waals surface area contributed by atoms with E-state index in [-0.39, 0.29) is 0 Å². The van der Waals surface area contributed by atoms with Crippen molar-refractivity contribution in [3.05, 3.63) is 0 Å². The van der Waals surface area contributed by atoms with E-state index in [9.17, 15) is 4.39 Å². The summed E-state index contributed by atoms with van der Waals surface area (Å²) in [5, 5.41) is 0. The van der Waals surface area contributed by atoms with E-state index in [4.69, 9.17) is 0 Å². The van der Waals surface area contributed by atoms with Crippen molar-refractivity contribution in [2.75, 3.05) is 13.1 Å². The third-order valence-corrected chi connectivity index (χ3v) is 1.80. The molecule has 0 spiro atoms. The molecule has 1 aliphatic heterocycles. The first-order valence-corrected chi connectivity index (χ1v) is 3.44. The van der Waals surface area contributed by atoms with E-state index in [1.165, 1.54) is 0 Å². The molecule has 54 valence electrons. The minimum Gasteiger partial charge on any atom is -0.295 e. The molecule has 2 heteroatoms. The van der Waals surface area contributed by atoms with Crippen LogP contribution in [0.25, 0.3) is 0 Å².